The molecule has 1 aromatic carbocycles. The van der Waals surface area contributed by atoms with Gasteiger partial charge in [0.25, 0.3) is 0 Å². The zero-order chi connectivity index (χ0) is 26.0. The number of carbonyl (C=O) groups excluding carboxylic acids is 1. The third-order valence-corrected chi connectivity index (χ3v) is 6.90. The van der Waals surface area contributed by atoms with Crippen molar-refractivity contribution in [2.75, 3.05) is 13.1 Å². The smallest absolute Gasteiger partial charge is 0.249 e. The van der Waals surface area contributed by atoms with Gasteiger partial charge in [0.2, 0.25) is 5.91 Å². The van der Waals surface area contributed by atoms with Crippen molar-refractivity contribution in [1.82, 2.24) is 15.1 Å². The van der Waals surface area contributed by atoms with Crippen LogP contribution in [-0.2, 0) is 4.79 Å². The molecule has 35 heavy (non-hydrogen) atoms. The number of piperidine rings is 1. The van der Waals surface area contributed by atoms with Gasteiger partial charge < -0.3 is 4.90 Å². The van der Waals surface area contributed by atoms with Gasteiger partial charge >= 0.3 is 0 Å². The van der Waals surface area contributed by atoms with Gasteiger partial charge in [-0.1, -0.05) is 71.4 Å². The summed E-state index contributed by atoms with van der Waals surface area (Å²) in [5.74, 6) is 0.331. The number of carbonyl (C=O) groups is 1. The van der Waals surface area contributed by atoms with E-state index in [2.05, 4.69) is 101 Å². The first-order valence-corrected chi connectivity index (χ1v) is 12.6. The minimum absolute atomic E-state index is 0.101. The number of hydrogen-bond donors (Lipinski definition) is 1. The van der Waals surface area contributed by atoms with E-state index >= 15 is 0 Å². The molecular weight excluding hydrogens is 432 g/mol. The van der Waals surface area contributed by atoms with Crippen LogP contribution in [0.3, 0.4) is 0 Å². The topological polar surface area (TPSA) is 61.4 Å². The molecule has 1 N–H and O–H groups in total. The highest BCUT2D eigenvalue weighted by Crippen LogP contribution is 2.37. The second kappa shape index (κ2) is 10.3. The van der Waals surface area contributed by atoms with Gasteiger partial charge in [-0.3, -0.25) is 14.9 Å². The Labute approximate surface area is 211 Å². The lowest BCUT2D eigenvalue weighted by atomic mass is 9.80. The summed E-state index contributed by atoms with van der Waals surface area (Å²) < 4.78 is 0. The van der Waals surface area contributed by atoms with Crippen molar-refractivity contribution in [3.05, 3.63) is 64.6 Å². The van der Waals surface area contributed by atoms with E-state index < -0.39 is 0 Å². The van der Waals surface area contributed by atoms with Gasteiger partial charge in [-0.15, -0.1) is 0 Å². The van der Waals surface area contributed by atoms with Gasteiger partial charge in [-0.25, -0.2) is 0 Å². The number of likely N-dealkylation sites (tertiary alicyclic amines) is 1. The van der Waals surface area contributed by atoms with E-state index in [4.69, 9.17) is 0 Å². The van der Waals surface area contributed by atoms with Crippen LogP contribution in [-0.4, -0.2) is 40.8 Å². The van der Waals surface area contributed by atoms with Crippen molar-refractivity contribution in [2.45, 2.75) is 74.1 Å². The molecule has 0 saturated carbocycles. The van der Waals surface area contributed by atoms with Crippen LogP contribution in [0.5, 0.6) is 0 Å². The molecule has 5 heteroatoms. The molecule has 2 heterocycles. The summed E-state index contributed by atoms with van der Waals surface area (Å²) >= 11 is 0. The summed E-state index contributed by atoms with van der Waals surface area (Å²) in [7, 11) is 0. The molecule has 2 aromatic rings. The van der Waals surface area contributed by atoms with Crippen LogP contribution in [0.4, 0.5) is 0 Å². The summed E-state index contributed by atoms with van der Waals surface area (Å²) in [6, 6.07) is 8.54. The Bertz CT molecular complexity index is 1120. The van der Waals surface area contributed by atoms with Crippen LogP contribution in [0.25, 0.3) is 11.1 Å². The second-order valence-electron chi connectivity index (χ2n) is 11.9. The standard InChI is InChI=1S/C30H42N4O/c1-20-12-14-22(15-13-20)24-18-32-33-27(24)23-11-10-16-34(19-23)28(35)21(2)25(29(3,4)5)17-26(31-9)30(6,7)8/h12-15,17-18,23H,9-11,16,19H2,1-8H3,(H,32,33)/b25-21-,26-17-. The molecule has 3 rings (SSSR count). The predicted molar refractivity (Wildman–Crippen MR) is 147 cm³/mol. The third-order valence-electron chi connectivity index (χ3n) is 6.90. The SMILES string of the molecule is C=N/C(=C\C(=C(/C)C(=O)N1CCCC(c2[nH]ncc2-c2ccc(C)cc2)C1)C(C)(C)C)C(C)(C)C. The van der Waals surface area contributed by atoms with E-state index in [0.29, 0.717) is 6.54 Å². The number of benzene rings is 1. The Balaban J connectivity index is 1.92. The Kier molecular flexibility index (Phi) is 7.88. The molecule has 1 unspecified atom stereocenters. The largest absolute Gasteiger partial charge is 0.338 e. The first kappa shape index (κ1) is 26.7. The van der Waals surface area contributed by atoms with E-state index in [1.165, 1.54) is 5.56 Å². The summed E-state index contributed by atoms with van der Waals surface area (Å²) in [6.45, 7) is 22.1. The van der Waals surface area contributed by atoms with Crippen molar-refractivity contribution < 1.29 is 4.79 Å². The Hall–Kier alpha value is -2.95. The van der Waals surface area contributed by atoms with Crippen LogP contribution in [0.2, 0.25) is 0 Å². The molecule has 1 aliphatic heterocycles. The van der Waals surface area contributed by atoms with Crippen LogP contribution in [0.1, 0.15) is 78.5 Å². The minimum atomic E-state index is -0.196. The van der Waals surface area contributed by atoms with Crippen molar-refractivity contribution in [3.8, 4) is 11.1 Å². The lowest BCUT2D eigenvalue weighted by Crippen LogP contribution is -2.40. The van der Waals surface area contributed by atoms with Gasteiger partial charge in [0.15, 0.2) is 0 Å². The average molecular weight is 475 g/mol. The number of amides is 1. The first-order chi connectivity index (χ1) is 16.3. The maximum absolute atomic E-state index is 13.8. The van der Waals surface area contributed by atoms with Gasteiger partial charge in [0, 0.05) is 46.9 Å². The molecule has 5 nitrogen and oxygen atoms in total. The number of aryl methyl sites for hydroxylation is 1. The highest BCUT2D eigenvalue weighted by molar-refractivity contribution is 5.94. The fraction of sp³-hybridized carbons (Fsp3) is 0.500. The maximum atomic E-state index is 13.8. The minimum Gasteiger partial charge on any atom is -0.338 e. The molecule has 1 amide bonds. The second-order valence-corrected chi connectivity index (χ2v) is 11.9. The Morgan fingerprint density at radius 2 is 1.80 bits per heavy atom. The highest BCUT2D eigenvalue weighted by atomic mass is 16.2. The number of nitrogens with one attached hydrogen (secondary N) is 1. The van der Waals surface area contributed by atoms with Crippen LogP contribution in [0, 0.1) is 17.8 Å². The van der Waals surface area contributed by atoms with Crippen LogP contribution >= 0.6 is 0 Å². The normalized spacial score (nSPS) is 18.3. The summed E-state index contributed by atoms with van der Waals surface area (Å²) in [4.78, 5) is 20.1. The van der Waals surface area contributed by atoms with Crippen molar-refractivity contribution in [1.29, 1.82) is 0 Å². The fourth-order valence-corrected chi connectivity index (χ4v) is 4.84. The number of hydrogen-bond acceptors (Lipinski definition) is 3. The lowest BCUT2D eigenvalue weighted by Gasteiger charge is -2.34. The number of H-pyrrole nitrogens is 1. The summed E-state index contributed by atoms with van der Waals surface area (Å²) in [6.07, 6.45) is 5.99. The molecule has 0 spiro atoms. The van der Waals surface area contributed by atoms with E-state index in [9.17, 15) is 4.79 Å². The molecule has 0 bridgehead atoms. The molecule has 0 aliphatic carbocycles. The molecule has 1 atom stereocenters. The molecule has 1 saturated heterocycles. The zero-order valence-corrected chi connectivity index (χ0v) is 22.8. The third kappa shape index (κ3) is 6.19. The number of nitrogens with zero attached hydrogens (tertiary/aromatic N) is 3. The number of allylic oxidation sites excluding steroid dienone is 3. The quantitative estimate of drug-likeness (QED) is 0.286. The Morgan fingerprint density at radius 3 is 2.37 bits per heavy atom. The molecular formula is C30H42N4O. The highest BCUT2D eigenvalue weighted by Gasteiger charge is 2.31. The van der Waals surface area contributed by atoms with E-state index in [1.54, 1.807) is 0 Å². The van der Waals surface area contributed by atoms with Crippen LogP contribution in [0.15, 0.2) is 58.4 Å². The molecule has 1 aliphatic rings. The number of aliphatic imine (C=N–C) groups is 1. The summed E-state index contributed by atoms with van der Waals surface area (Å²) in [5, 5.41) is 7.61. The van der Waals surface area contributed by atoms with Crippen molar-refractivity contribution in [2.24, 2.45) is 15.8 Å². The van der Waals surface area contributed by atoms with Gasteiger partial charge in [0.1, 0.15) is 0 Å². The van der Waals surface area contributed by atoms with Crippen molar-refractivity contribution >= 4 is 12.6 Å². The lowest BCUT2D eigenvalue weighted by molar-refractivity contribution is -0.128. The van der Waals surface area contributed by atoms with E-state index in [-0.39, 0.29) is 22.7 Å². The average Bonchev–Trinajstić information content (AvgIpc) is 3.27. The van der Waals surface area contributed by atoms with Crippen LogP contribution < -0.4 is 0 Å². The van der Waals surface area contributed by atoms with E-state index in [1.807, 2.05) is 18.0 Å². The Morgan fingerprint density at radius 1 is 1.14 bits per heavy atom. The van der Waals surface area contributed by atoms with E-state index in [0.717, 1.165) is 53.1 Å². The van der Waals surface area contributed by atoms with Crippen molar-refractivity contribution in [3.63, 3.8) is 0 Å². The first-order valence-electron chi connectivity index (χ1n) is 12.6. The van der Waals surface area contributed by atoms with Gasteiger partial charge in [-0.05, 0) is 56.0 Å². The van der Waals surface area contributed by atoms with Gasteiger partial charge in [-0.2, -0.15) is 5.10 Å². The molecule has 1 aromatic heterocycles. The fourth-order valence-electron chi connectivity index (χ4n) is 4.84. The number of aromatic amines is 1. The molecule has 0 radical (unpaired) electrons. The monoisotopic (exact) mass is 474 g/mol. The predicted octanol–water partition coefficient (Wildman–Crippen LogP) is 7.08. The maximum Gasteiger partial charge on any atom is 0.249 e. The number of rotatable bonds is 5. The molecule has 1 fully saturated rings. The molecule has 188 valence electrons. The summed E-state index contributed by atoms with van der Waals surface area (Å²) in [5.41, 5.74) is 6.99. The zero-order valence-electron chi connectivity index (χ0n) is 22.8. The van der Waals surface area contributed by atoms with Gasteiger partial charge in [0.05, 0.1) is 6.20 Å². The number of aromatic nitrogens is 2.